The van der Waals surface area contributed by atoms with Crippen LogP contribution in [0, 0.1) is 6.92 Å². The van der Waals surface area contributed by atoms with Gasteiger partial charge in [0.15, 0.2) is 11.5 Å². The zero-order valence-electron chi connectivity index (χ0n) is 9.49. The van der Waals surface area contributed by atoms with Crippen molar-refractivity contribution < 1.29 is 9.47 Å². The Hall–Kier alpha value is -2.17. The maximum absolute atomic E-state index is 5.32. The minimum absolute atomic E-state index is 0.303. The van der Waals surface area contributed by atoms with Gasteiger partial charge in [-0.15, -0.1) is 0 Å². The fourth-order valence-electron chi connectivity index (χ4n) is 1.76. The van der Waals surface area contributed by atoms with E-state index in [2.05, 4.69) is 15.3 Å². The van der Waals surface area contributed by atoms with Gasteiger partial charge in [0.25, 0.3) is 0 Å². The van der Waals surface area contributed by atoms with E-state index in [4.69, 9.17) is 9.47 Å². The number of nitrogens with zero attached hydrogens (tertiary/aromatic N) is 1. The number of anilines is 1. The molecule has 5 nitrogen and oxygen atoms in total. The lowest BCUT2D eigenvalue weighted by Crippen LogP contribution is -2.01. The minimum Gasteiger partial charge on any atom is -0.454 e. The molecule has 0 radical (unpaired) electrons. The van der Waals surface area contributed by atoms with Gasteiger partial charge < -0.3 is 19.8 Å². The third-order valence-electron chi connectivity index (χ3n) is 2.77. The highest BCUT2D eigenvalue weighted by Crippen LogP contribution is 2.34. The van der Waals surface area contributed by atoms with Crippen molar-refractivity contribution in [1.29, 1.82) is 0 Å². The number of aryl methyl sites for hydroxylation is 1. The first-order chi connectivity index (χ1) is 8.33. The Morgan fingerprint density at radius 1 is 1.35 bits per heavy atom. The van der Waals surface area contributed by atoms with Crippen molar-refractivity contribution in [2.24, 2.45) is 0 Å². The van der Waals surface area contributed by atoms with Crippen LogP contribution in [0.2, 0.25) is 0 Å². The number of H-pyrrole nitrogens is 1. The van der Waals surface area contributed by atoms with Crippen molar-refractivity contribution in [3.63, 3.8) is 0 Å². The van der Waals surface area contributed by atoms with Crippen LogP contribution >= 0.6 is 0 Å². The Morgan fingerprint density at radius 2 is 2.24 bits per heavy atom. The number of ether oxygens (including phenoxy) is 2. The molecule has 0 fully saturated rings. The molecule has 0 saturated heterocycles. The third kappa shape index (κ3) is 1.91. The van der Waals surface area contributed by atoms with E-state index in [1.165, 1.54) is 0 Å². The van der Waals surface area contributed by atoms with E-state index < -0.39 is 0 Å². The number of fused-ring (bicyclic) bond motifs is 1. The van der Waals surface area contributed by atoms with Crippen LogP contribution in [0.15, 0.2) is 24.5 Å². The van der Waals surface area contributed by atoms with Crippen LogP contribution in [0.3, 0.4) is 0 Å². The number of nitrogens with one attached hydrogen (secondary N) is 2. The van der Waals surface area contributed by atoms with Crippen molar-refractivity contribution in [3.8, 4) is 11.5 Å². The van der Waals surface area contributed by atoms with Crippen molar-refractivity contribution in [3.05, 3.63) is 35.9 Å². The summed E-state index contributed by atoms with van der Waals surface area (Å²) in [5.74, 6) is 1.58. The maximum atomic E-state index is 5.32. The number of aromatic amines is 1. The standard InChI is InChI=1S/C12H13N3O2/c1-8-10(15-6-14-8)5-13-9-2-3-11-12(4-9)17-7-16-11/h2-4,6,13H,5,7H2,1H3,(H,14,15). The molecule has 0 bridgehead atoms. The molecule has 0 amide bonds. The Bertz CT molecular complexity index is 536. The highest BCUT2D eigenvalue weighted by molar-refractivity contribution is 5.55. The summed E-state index contributed by atoms with van der Waals surface area (Å²) in [5, 5.41) is 3.30. The average Bonchev–Trinajstić information content (AvgIpc) is 2.94. The van der Waals surface area contributed by atoms with E-state index in [1.807, 2.05) is 25.1 Å². The van der Waals surface area contributed by atoms with Crippen molar-refractivity contribution >= 4 is 5.69 Å². The van der Waals surface area contributed by atoms with Crippen LogP contribution in [0.25, 0.3) is 0 Å². The molecular formula is C12H13N3O2. The second-order valence-corrected chi connectivity index (χ2v) is 3.90. The quantitative estimate of drug-likeness (QED) is 0.848. The van der Waals surface area contributed by atoms with Gasteiger partial charge in [0.1, 0.15) is 0 Å². The van der Waals surface area contributed by atoms with Crippen LogP contribution in [-0.4, -0.2) is 16.8 Å². The number of rotatable bonds is 3. The summed E-state index contributed by atoms with van der Waals surface area (Å²) in [6, 6.07) is 5.81. The van der Waals surface area contributed by atoms with Crippen molar-refractivity contribution in [2.45, 2.75) is 13.5 Å². The summed E-state index contributed by atoms with van der Waals surface area (Å²) in [4.78, 5) is 7.28. The highest BCUT2D eigenvalue weighted by atomic mass is 16.7. The van der Waals surface area contributed by atoms with E-state index in [0.717, 1.165) is 28.6 Å². The average molecular weight is 231 g/mol. The SMILES string of the molecule is Cc1[nH]cnc1CNc1ccc2c(c1)OCO2. The first-order valence-electron chi connectivity index (χ1n) is 5.45. The second-order valence-electron chi connectivity index (χ2n) is 3.90. The second kappa shape index (κ2) is 4.01. The van der Waals surface area contributed by atoms with E-state index in [-0.39, 0.29) is 0 Å². The molecule has 1 aliphatic rings. The Labute approximate surface area is 98.8 Å². The van der Waals surface area contributed by atoms with E-state index in [0.29, 0.717) is 13.3 Å². The van der Waals surface area contributed by atoms with Gasteiger partial charge in [-0.1, -0.05) is 0 Å². The molecule has 0 unspecified atom stereocenters. The van der Waals surface area contributed by atoms with Crippen LogP contribution in [0.5, 0.6) is 11.5 Å². The van der Waals surface area contributed by atoms with Gasteiger partial charge >= 0.3 is 0 Å². The van der Waals surface area contributed by atoms with Crippen molar-refractivity contribution in [1.82, 2.24) is 9.97 Å². The van der Waals surface area contributed by atoms with Crippen molar-refractivity contribution in [2.75, 3.05) is 12.1 Å². The number of hydrogen-bond acceptors (Lipinski definition) is 4. The monoisotopic (exact) mass is 231 g/mol. The van der Waals surface area contributed by atoms with E-state index in [9.17, 15) is 0 Å². The predicted octanol–water partition coefficient (Wildman–Crippen LogP) is 2.06. The Balaban J connectivity index is 1.72. The molecule has 0 aliphatic carbocycles. The Morgan fingerprint density at radius 3 is 3.06 bits per heavy atom. The van der Waals surface area contributed by atoms with Crippen LogP contribution in [0.1, 0.15) is 11.4 Å². The zero-order chi connectivity index (χ0) is 11.7. The van der Waals surface area contributed by atoms with Gasteiger partial charge in [-0.2, -0.15) is 0 Å². The van der Waals surface area contributed by atoms with Crippen LogP contribution in [0.4, 0.5) is 5.69 Å². The summed E-state index contributed by atoms with van der Waals surface area (Å²) in [5.41, 5.74) is 3.09. The molecule has 1 aromatic heterocycles. The molecule has 0 saturated carbocycles. The number of imidazole rings is 1. The van der Waals surface area contributed by atoms with Gasteiger partial charge in [0, 0.05) is 17.4 Å². The molecule has 0 spiro atoms. The first kappa shape index (κ1) is 10.0. The molecule has 1 aliphatic heterocycles. The summed E-state index contributed by atoms with van der Waals surface area (Å²) in [6.07, 6.45) is 1.70. The lowest BCUT2D eigenvalue weighted by atomic mass is 10.2. The fourth-order valence-corrected chi connectivity index (χ4v) is 1.76. The predicted molar refractivity (Wildman–Crippen MR) is 63.2 cm³/mol. The number of benzene rings is 1. The molecular weight excluding hydrogens is 218 g/mol. The maximum Gasteiger partial charge on any atom is 0.231 e. The normalized spacial score (nSPS) is 12.8. The zero-order valence-corrected chi connectivity index (χ0v) is 9.49. The smallest absolute Gasteiger partial charge is 0.231 e. The summed E-state index contributed by atoms with van der Waals surface area (Å²) < 4.78 is 10.6. The lowest BCUT2D eigenvalue weighted by molar-refractivity contribution is 0.174. The van der Waals surface area contributed by atoms with Crippen LogP contribution in [-0.2, 0) is 6.54 Å². The largest absolute Gasteiger partial charge is 0.454 e. The number of hydrogen-bond donors (Lipinski definition) is 2. The molecule has 2 N–H and O–H groups in total. The molecule has 2 heterocycles. The Kier molecular flexibility index (Phi) is 2.36. The molecule has 0 atom stereocenters. The highest BCUT2D eigenvalue weighted by Gasteiger charge is 2.13. The van der Waals surface area contributed by atoms with Gasteiger partial charge in [-0.3, -0.25) is 0 Å². The molecule has 1 aromatic carbocycles. The van der Waals surface area contributed by atoms with E-state index >= 15 is 0 Å². The number of aromatic nitrogens is 2. The molecule has 5 heteroatoms. The third-order valence-corrected chi connectivity index (χ3v) is 2.77. The summed E-state index contributed by atoms with van der Waals surface area (Å²) >= 11 is 0. The fraction of sp³-hybridized carbons (Fsp3) is 0.250. The molecule has 3 rings (SSSR count). The molecule has 88 valence electrons. The topological polar surface area (TPSA) is 59.2 Å². The lowest BCUT2D eigenvalue weighted by Gasteiger charge is -2.06. The molecule has 17 heavy (non-hydrogen) atoms. The summed E-state index contributed by atoms with van der Waals surface area (Å²) in [7, 11) is 0. The van der Waals surface area contributed by atoms with Gasteiger partial charge in [-0.05, 0) is 19.1 Å². The van der Waals surface area contributed by atoms with Gasteiger partial charge in [0.2, 0.25) is 6.79 Å². The van der Waals surface area contributed by atoms with Gasteiger partial charge in [-0.25, -0.2) is 4.98 Å². The van der Waals surface area contributed by atoms with E-state index in [1.54, 1.807) is 6.33 Å². The minimum atomic E-state index is 0.303. The van der Waals surface area contributed by atoms with Crippen LogP contribution < -0.4 is 14.8 Å². The van der Waals surface area contributed by atoms with Gasteiger partial charge in [0.05, 0.1) is 18.6 Å². The molecule has 2 aromatic rings. The summed E-state index contributed by atoms with van der Waals surface area (Å²) in [6.45, 7) is 3.00. The first-order valence-corrected chi connectivity index (χ1v) is 5.45.